The fraction of sp³-hybridized carbons (Fsp3) is 0.500. The molecule has 4 N–H and O–H groups in total. The number of carbonyl (C=O) groups is 1. The topological polar surface area (TPSA) is 72.3 Å². The van der Waals surface area contributed by atoms with Crippen molar-refractivity contribution in [3.05, 3.63) is 35.9 Å². The van der Waals surface area contributed by atoms with E-state index in [0.29, 0.717) is 12.5 Å². The van der Waals surface area contributed by atoms with Crippen LogP contribution in [0, 0.1) is 5.92 Å². The fourth-order valence-electron chi connectivity index (χ4n) is 2.02. The van der Waals surface area contributed by atoms with Crippen LogP contribution < -0.4 is 11.5 Å². The molecule has 4 nitrogen and oxygen atoms in total. The van der Waals surface area contributed by atoms with E-state index in [-0.39, 0.29) is 18.5 Å². The van der Waals surface area contributed by atoms with E-state index in [1.54, 1.807) is 0 Å². The Labute approximate surface area is 109 Å². The summed E-state index contributed by atoms with van der Waals surface area (Å²) in [4.78, 5) is 13.1. The zero-order valence-electron chi connectivity index (χ0n) is 11.2. The standard InChI is InChI=1S/C14H23N3O/c1-11(2)8-17(10-14(16)18)9-13(15)12-6-4-3-5-7-12/h3-7,11,13H,8-10,15H2,1-2H3,(H2,16,18). The molecule has 0 aliphatic heterocycles. The Morgan fingerprint density at radius 1 is 1.22 bits per heavy atom. The van der Waals surface area contributed by atoms with Crippen molar-refractivity contribution < 1.29 is 4.79 Å². The van der Waals surface area contributed by atoms with E-state index in [1.165, 1.54) is 0 Å². The second kappa shape index (κ2) is 7.13. The van der Waals surface area contributed by atoms with E-state index in [9.17, 15) is 4.79 Å². The van der Waals surface area contributed by atoms with Gasteiger partial charge in [-0.3, -0.25) is 9.69 Å². The molecule has 1 unspecified atom stereocenters. The average molecular weight is 249 g/mol. The summed E-state index contributed by atoms with van der Waals surface area (Å²) in [5, 5.41) is 0. The van der Waals surface area contributed by atoms with Crippen LogP contribution in [0.15, 0.2) is 30.3 Å². The minimum absolute atomic E-state index is 0.0932. The summed E-state index contributed by atoms with van der Waals surface area (Å²) >= 11 is 0. The Hall–Kier alpha value is -1.39. The van der Waals surface area contributed by atoms with Crippen molar-refractivity contribution in [2.24, 2.45) is 17.4 Å². The second-order valence-electron chi connectivity index (χ2n) is 5.07. The number of carbonyl (C=O) groups excluding carboxylic acids is 1. The van der Waals surface area contributed by atoms with Crippen LogP contribution in [0.4, 0.5) is 0 Å². The van der Waals surface area contributed by atoms with Crippen LogP contribution >= 0.6 is 0 Å². The lowest BCUT2D eigenvalue weighted by Crippen LogP contribution is -2.40. The Morgan fingerprint density at radius 2 is 1.83 bits per heavy atom. The van der Waals surface area contributed by atoms with Crippen molar-refractivity contribution in [3.63, 3.8) is 0 Å². The van der Waals surface area contributed by atoms with Gasteiger partial charge in [-0.1, -0.05) is 44.2 Å². The van der Waals surface area contributed by atoms with Crippen molar-refractivity contribution in [2.45, 2.75) is 19.9 Å². The van der Waals surface area contributed by atoms with Gasteiger partial charge >= 0.3 is 0 Å². The zero-order valence-corrected chi connectivity index (χ0v) is 11.2. The first-order chi connectivity index (χ1) is 8.49. The predicted molar refractivity (Wildman–Crippen MR) is 73.8 cm³/mol. The molecule has 4 heteroatoms. The third-order valence-electron chi connectivity index (χ3n) is 2.69. The molecular weight excluding hydrogens is 226 g/mol. The van der Waals surface area contributed by atoms with Crippen molar-refractivity contribution in [1.29, 1.82) is 0 Å². The average Bonchev–Trinajstić information content (AvgIpc) is 2.28. The van der Waals surface area contributed by atoms with Gasteiger partial charge in [-0.15, -0.1) is 0 Å². The molecule has 0 fully saturated rings. The van der Waals surface area contributed by atoms with Crippen LogP contribution in [-0.4, -0.2) is 30.4 Å². The molecule has 0 aliphatic rings. The highest BCUT2D eigenvalue weighted by Crippen LogP contribution is 2.12. The maximum Gasteiger partial charge on any atom is 0.231 e. The molecule has 100 valence electrons. The van der Waals surface area contributed by atoms with Crippen molar-refractivity contribution in [3.8, 4) is 0 Å². The number of hydrogen-bond donors (Lipinski definition) is 2. The Morgan fingerprint density at radius 3 is 2.33 bits per heavy atom. The Bertz CT molecular complexity index is 365. The molecule has 18 heavy (non-hydrogen) atoms. The molecule has 0 spiro atoms. The van der Waals surface area contributed by atoms with E-state index >= 15 is 0 Å². The highest BCUT2D eigenvalue weighted by Gasteiger charge is 2.15. The summed E-state index contributed by atoms with van der Waals surface area (Å²) in [5.41, 5.74) is 12.5. The molecule has 1 atom stereocenters. The van der Waals surface area contributed by atoms with Gasteiger partial charge in [0, 0.05) is 19.1 Å². The van der Waals surface area contributed by atoms with Gasteiger partial charge in [0.1, 0.15) is 0 Å². The number of nitrogens with zero attached hydrogens (tertiary/aromatic N) is 1. The highest BCUT2D eigenvalue weighted by molar-refractivity contribution is 5.75. The maximum absolute atomic E-state index is 11.0. The zero-order chi connectivity index (χ0) is 13.5. The van der Waals surface area contributed by atoms with Crippen LogP contribution in [0.5, 0.6) is 0 Å². The second-order valence-corrected chi connectivity index (χ2v) is 5.07. The van der Waals surface area contributed by atoms with Crippen LogP contribution in [0.25, 0.3) is 0 Å². The first-order valence-corrected chi connectivity index (χ1v) is 6.30. The van der Waals surface area contributed by atoms with Gasteiger partial charge < -0.3 is 11.5 Å². The van der Waals surface area contributed by atoms with Crippen LogP contribution in [0.1, 0.15) is 25.5 Å². The number of rotatable bonds is 7. The summed E-state index contributed by atoms with van der Waals surface area (Å²) < 4.78 is 0. The number of amides is 1. The molecule has 0 bridgehead atoms. The molecule has 0 heterocycles. The van der Waals surface area contributed by atoms with Gasteiger partial charge in [0.05, 0.1) is 6.54 Å². The summed E-state index contributed by atoms with van der Waals surface area (Å²) in [6.07, 6.45) is 0. The molecule has 0 radical (unpaired) electrons. The van der Waals surface area contributed by atoms with E-state index in [4.69, 9.17) is 11.5 Å². The minimum atomic E-state index is -0.309. The number of benzene rings is 1. The monoisotopic (exact) mass is 249 g/mol. The molecule has 0 aromatic heterocycles. The van der Waals surface area contributed by atoms with Gasteiger partial charge in [-0.2, -0.15) is 0 Å². The molecular formula is C14H23N3O. The normalized spacial score (nSPS) is 12.9. The summed E-state index contributed by atoms with van der Waals surface area (Å²) in [7, 11) is 0. The number of nitrogens with two attached hydrogens (primary N) is 2. The van der Waals surface area contributed by atoms with E-state index in [2.05, 4.69) is 13.8 Å². The summed E-state index contributed by atoms with van der Waals surface area (Å²) in [6, 6.07) is 9.81. The molecule has 0 saturated heterocycles. The Kier molecular flexibility index (Phi) is 5.82. The van der Waals surface area contributed by atoms with Gasteiger partial charge in [-0.25, -0.2) is 0 Å². The maximum atomic E-state index is 11.0. The number of hydrogen-bond acceptors (Lipinski definition) is 3. The van der Waals surface area contributed by atoms with Crippen molar-refractivity contribution in [1.82, 2.24) is 4.90 Å². The third-order valence-corrected chi connectivity index (χ3v) is 2.69. The lowest BCUT2D eigenvalue weighted by molar-refractivity contribution is -0.119. The van der Waals surface area contributed by atoms with Gasteiger partial charge in [-0.05, 0) is 11.5 Å². The first-order valence-electron chi connectivity index (χ1n) is 6.30. The largest absolute Gasteiger partial charge is 0.369 e. The smallest absolute Gasteiger partial charge is 0.231 e. The van der Waals surface area contributed by atoms with E-state index in [0.717, 1.165) is 12.1 Å². The van der Waals surface area contributed by atoms with Crippen molar-refractivity contribution in [2.75, 3.05) is 19.6 Å². The fourth-order valence-corrected chi connectivity index (χ4v) is 2.02. The van der Waals surface area contributed by atoms with Crippen molar-refractivity contribution >= 4 is 5.91 Å². The minimum Gasteiger partial charge on any atom is -0.369 e. The van der Waals surface area contributed by atoms with Crippen LogP contribution in [0.3, 0.4) is 0 Å². The molecule has 1 aromatic rings. The first kappa shape index (κ1) is 14.7. The molecule has 1 rings (SSSR count). The highest BCUT2D eigenvalue weighted by atomic mass is 16.1. The van der Waals surface area contributed by atoms with Crippen LogP contribution in [0.2, 0.25) is 0 Å². The summed E-state index contributed by atoms with van der Waals surface area (Å²) in [6.45, 7) is 5.96. The summed E-state index contributed by atoms with van der Waals surface area (Å²) in [5.74, 6) is 0.170. The lowest BCUT2D eigenvalue weighted by atomic mass is 10.1. The SMILES string of the molecule is CC(C)CN(CC(N)=O)CC(N)c1ccccc1. The van der Waals surface area contributed by atoms with Gasteiger partial charge in [0.2, 0.25) is 5.91 Å². The van der Waals surface area contributed by atoms with E-state index in [1.807, 2.05) is 35.2 Å². The lowest BCUT2D eigenvalue weighted by Gasteiger charge is -2.26. The molecule has 0 saturated carbocycles. The van der Waals surface area contributed by atoms with Gasteiger partial charge in [0.25, 0.3) is 0 Å². The quantitative estimate of drug-likeness (QED) is 0.761. The molecule has 1 amide bonds. The third kappa shape index (κ3) is 5.29. The molecule has 1 aromatic carbocycles. The number of primary amides is 1. The van der Waals surface area contributed by atoms with E-state index < -0.39 is 0 Å². The molecule has 0 aliphatic carbocycles. The Balaban J connectivity index is 2.62. The van der Waals surface area contributed by atoms with Crippen LogP contribution in [-0.2, 0) is 4.79 Å². The predicted octanol–water partition coefficient (Wildman–Crippen LogP) is 1.13. The van der Waals surface area contributed by atoms with Gasteiger partial charge in [0.15, 0.2) is 0 Å².